The fraction of sp³-hybridized carbons (Fsp3) is 0.421. The number of carbonyl (C=O) groups is 3. The Morgan fingerprint density at radius 1 is 1.00 bits per heavy atom. The van der Waals surface area contributed by atoms with E-state index in [0.717, 1.165) is 5.56 Å². The zero-order chi connectivity index (χ0) is 19.0. The summed E-state index contributed by atoms with van der Waals surface area (Å²) in [4.78, 5) is 35.9. The molecule has 1 atom stereocenters. The van der Waals surface area contributed by atoms with Gasteiger partial charge in [0.05, 0.1) is 18.1 Å². The van der Waals surface area contributed by atoms with Gasteiger partial charge >= 0.3 is 11.9 Å². The minimum Gasteiger partial charge on any atom is -0.463 e. The molecule has 1 aromatic carbocycles. The maximum Gasteiger partial charge on any atom is 0.374 e. The lowest BCUT2D eigenvalue weighted by atomic mass is 10.0. The van der Waals surface area contributed by atoms with Gasteiger partial charge in [-0.15, -0.1) is 0 Å². The van der Waals surface area contributed by atoms with Crippen LogP contribution in [0.25, 0.3) is 6.08 Å². The van der Waals surface area contributed by atoms with Crippen molar-refractivity contribution in [2.45, 2.75) is 46.3 Å². The van der Waals surface area contributed by atoms with Gasteiger partial charge in [-0.3, -0.25) is 9.59 Å². The van der Waals surface area contributed by atoms with E-state index in [9.17, 15) is 14.4 Å². The molecular weight excluding hydrogens is 344 g/mol. The topological polar surface area (TPSA) is 69.7 Å². The molecule has 0 radical (unpaired) electrons. The lowest BCUT2D eigenvalue weighted by Gasteiger charge is -2.14. The smallest absolute Gasteiger partial charge is 0.374 e. The van der Waals surface area contributed by atoms with Gasteiger partial charge in [0.2, 0.25) is 5.78 Å². The van der Waals surface area contributed by atoms with Crippen molar-refractivity contribution in [2.75, 3.05) is 0 Å². The average molecular weight is 367 g/mol. The summed E-state index contributed by atoms with van der Waals surface area (Å²) in [5.74, 6) is -3.14. The average Bonchev–Trinajstić information content (AvgIpc) is 2.51. The number of ether oxygens (including phenoxy) is 2. The predicted molar refractivity (Wildman–Crippen MR) is 96.1 cm³/mol. The van der Waals surface area contributed by atoms with Gasteiger partial charge in [-0.25, -0.2) is 4.79 Å². The van der Waals surface area contributed by atoms with E-state index in [4.69, 9.17) is 21.1 Å². The van der Waals surface area contributed by atoms with E-state index in [0.29, 0.717) is 5.02 Å². The molecule has 0 N–H and O–H groups in total. The number of carbonyl (C=O) groups excluding carboxylic acids is 3. The third-order valence-electron chi connectivity index (χ3n) is 3.02. The van der Waals surface area contributed by atoms with Crippen LogP contribution in [0.15, 0.2) is 30.3 Å². The molecule has 0 bridgehead atoms. The molecule has 0 aliphatic rings. The van der Waals surface area contributed by atoms with Crippen LogP contribution in [-0.2, 0) is 23.9 Å². The minimum absolute atomic E-state index is 0.304. The third kappa shape index (κ3) is 7.98. The van der Waals surface area contributed by atoms with E-state index in [1.165, 1.54) is 0 Å². The molecule has 0 aliphatic carbocycles. The fourth-order valence-corrected chi connectivity index (χ4v) is 2.04. The van der Waals surface area contributed by atoms with Gasteiger partial charge in [0.15, 0.2) is 0 Å². The van der Waals surface area contributed by atoms with Crippen LogP contribution in [-0.4, -0.2) is 29.9 Å². The van der Waals surface area contributed by atoms with Gasteiger partial charge in [0.25, 0.3) is 0 Å². The molecule has 25 heavy (non-hydrogen) atoms. The van der Waals surface area contributed by atoms with Crippen molar-refractivity contribution in [1.82, 2.24) is 0 Å². The first kappa shape index (κ1) is 20.9. The molecule has 6 heteroatoms. The second kappa shape index (κ2) is 9.99. The monoisotopic (exact) mass is 366 g/mol. The van der Waals surface area contributed by atoms with Crippen LogP contribution >= 0.6 is 11.6 Å². The van der Waals surface area contributed by atoms with Crippen LogP contribution < -0.4 is 0 Å². The van der Waals surface area contributed by atoms with Crippen LogP contribution in [0.4, 0.5) is 0 Å². The van der Waals surface area contributed by atoms with E-state index in [-0.39, 0.29) is 12.5 Å². The van der Waals surface area contributed by atoms with E-state index in [1.807, 2.05) is 0 Å². The van der Waals surface area contributed by atoms with Crippen molar-refractivity contribution in [2.24, 2.45) is 5.92 Å². The number of hydrogen-bond acceptors (Lipinski definition) is 5. The van der Waals surface area contributed by atoms with Crippen molar-refractivity contribution < 1.29 is 23.9 Å². The van der Waals surface area contributed by atoms with Gasteiger partial charge in [0, 0.05) is 11.4 Å². The summed E-state index contributed by atoms with van der Waals surface area (Å²) in [5.41, 5.74) is 0.809. The molecule has 0 heterocycles. The first-order valence-corrected chi connectivity index (χ1v) is 8.45. The largest absolute Gasteiger partial charge is 0.463 e. The van der Waals surface area contributed by atoms with Gasteiger partial charge in [-0.1, -0.05) is 35.9 Å². The first-order chi connectivity index (χ1) is 11.7. The molecule has 0 spiro atoms. The van der Waals surface area contributed by atoms with Crippen molar-refractivity contribution in [3.63, 3.8) is 0 Å². The maximum atomic E-state index is 12.2. The Hall–Kier alpha value is -2.14. The summed E-state index contributed by atoms with van der Waals surface area (Å²) in [6.45, 7) is 6.73. The second-order valence-corrected chi connectivity index (χ2v) is 6.52. The van der Waals surface area contributed by atoms with Crippen molar-refractivity contribution in [3.05, 3.63) is 40.9 Å². The van der Waals surface area contributed by atoms with Crippen LogP contribution in [0.1, 0.15) is 39.7 Å². The SMILES string of the molecule is CC(C)OC(=O)C(=O)CC(/C=C/c1ccc(Cl)cc1)C(=O)OC(C)C. The van der Waals surface area contributed by atoms with E-state index < -0.39 is 29.7 Å². The van der Waals surface area contributed by atoms with Crippen molar-refractivity contribution >= 4 is 35.4 Å². The fourth-order valence-electron chi connectivity index (χ4n) is 1.91. The molecule has 0 saturated heterocycles. The standard InChI is InChI=1S/C19H23ClO5/c1-12(2)24-18(22)15(11-17(21)19(23)25-13(3)4)8-5-14-6-9-16(20)10-7-14/h5-10,12-13,15H,11H2,1-4H3/b8-5+. The van der Waals surface area contributed by atoms with Crippen LogP contribution in [0.2, 0.25) is 5.02 Å². The first-order valence-electron chi connectivity index (χ1n) is 8.07. The minimum atomic E-state index is -0.947. The number of Topliss-reactive ketones (excluding diaryl/α,β-unsaturated/α-hetero) is 1. The number of halogens is 1. The molecular formula is C19H23ClO5. The molecule has 1 aromatic rings. The summed E-state index contributed by atoms with van der Waals surface area (Å²) in [5, 5.41) is 0.597. The molecule has 0 saturated carbocycles. The highest BCUT2D eigenvalue weighted by Gasteiger charge is 2.26. The molecule has 1 rings (SSSR count). The van der Waals surface area contributed by atoms with Gasteiger partial charge in [0.1, 0.15) is 0 Å². The van der Waals surface area contributed by atoms with Gasteiger partial charge < -0.3 is 9.47 Å². The highest BCUT2D eigenvalue weighted by atomic mass is 35.5. The van der Waals surface area contributed by atoms with Crippen LogP contribution in [0, 0.1) is 5.92 Å². The van der Waals surface area contributed by atoms with Gasteiger partial charge in [-0.05, 0) is 45.4 Å². The van der Waals surface area contributed by atoms with Gasteiger partial charge in [-0.2, -0.15) is 0 Å². The molecule has 5 nitrogen and oxygen atoms in total. The van der Waals surface area contributed by atoms with Crippen LogP contribution in [0.5, 0.6) is 0 Å². The quantitative estimate of drug-likeness (QED) is 0.516. The molecule has 0 fully saturated rings. The zero-order valence-electron chi connectivity index (χ0n) is 14.8. The Morgan fingerprint density at radius 3 is 2.08 bits per heavy atom. The maximum absolute atomic E-state index is 12.2. The number of ketones is 1. The predicted octanol–water partition coefficient (Wildman–Crippen LogP) is 3.83. The Kier molecular flexibility index (Phi) is 8.35. The zero-order valence-corrected chi connectivity index (χ0v) is 15.6. The lowest BCUT2D eigenvalue weighted by Crippen LogP contribution is -2.27. The summed E-state index contributed by atoms with van der Waals surface area (Å²) < 4.78 is 10.0. The Morgan fingerprint density at radius 2 is 1.56 bits per heavy atom. The summed E-state index contributed by atoms with van der Waals surface area (Å²) in [7, 11) is 0. The van der Waals surface area contributed by atoms with Crippen molar-refractivity contribution in [3.8, 4) is 0 Å². The Bertz CT molecular complexity index is 632. The summed E-state index contributed by atoms with van der Waals surface area (Å²) in [6, 6.07) is 6.98. The normalized spacial score (nSPS) is 12.4. The third-order valence-corrected chi connectivity index (χ3v) is 3.27. The van der Waals surface area contributed by atoms with Crippen LogP contribution in [0.3, 0.4) is 0 Å². The number of rotatable bonds is 8. The molecule has 136 valence electrons. The lowest BCUT2D eigenvalue weighted by molar-refractivity contribution is -0.158. The summed E-state index contributed by atoms with van der Waals surface area (Å²) >= 11 is 5.83. The van der Waals surface area contributed by atoms with E-state index in [2.05, 4.69) is 0 Å². The molecule has 1 unspecified atom stereocenters. The molecule has 0 aliphatic heterocycles. The number of hydrogen-bond donors (Lipinski definition) is 0. The summed E-state index contributed by atoms with van der Waals surface area (Å²) in [6.07, 6.45) is 2.21. The Labute approximate surface area is 153 Å². The number of benzene rings is 1. The van der Waals surface area contributed by atoms with E-state index >= 15 is 0 Å². The van der Waals surface area contributed by atoms with Crippen molar-refractivity contribution in [1.29, 1.82) is 0 Å². The number of esters is 2. The Balaban J connectivity index is 2.88. The highest BCUT2D eigenvalue weighted by molar-refractivity contribution is 6.34. The molecule has 0 amide bonds. The highest BCUT2D eigenvalue weighted by Crippen LogP contribution is 2.16. The second-order valence-electron chi connectivity index (χ2n) is 6.08. The van der Waals surface area contributed by atoms with E-state index in [1.54, 1.807) is 64.1 Å². The molecule has 0 aromatic heterocycles.